The van der Waals surface area contributed by atoms with Crippen LogP contribution in [0.25, 0.3) is 52.6 Å². The van der Waals surface area contributed by atoms with Crippen molar-refractivity contribution in [1.82, 2.24) is 4.98 Å². The summed E-state index contributed by atoms with van der Waals surface area (Å²) >= 11 is 3.80. The van der Waals surface area contributed by atoms with Gasteiger partial charge in [0, 0.05) is 68.1 Å². The molecule has 0 unspecified atom stereocenters. The number of hydrogen-bond acceptors (Lipinski definition) is 5. The minimum absolute atomic E-state index is 0. The number of allylic oxidation sites excluding steroid dienone is 2. The first-order chi connectivity index (χ1) is 25.9. The molecule has 6 rings (SSSR count). The summed E-state index contributed by atoms with van der Waals surface area (Å²) in [5.41, 5.74) is 7.03. The number of carbonyl (C=O) groups is 1. The molecule has 0 saturated carbocycles. The Morgan fingerprint density at radius 3 is 2.09 bits per heavy atom. The van der Waals surface area contributed by atoms with Crippen molar-refractivity contribution in [3.8, 4) is 21.7 Å². The standard InChI is InChI=1S/C35H34NS2.C15H28O2.Ir/c1-20(2)16-29-22(4)37-31-19-24(12-13-28(29)31)33-21(3)26-14-15-36-32(34(26)38-33)25-17-23-10-8-9-11-27(23)30(18-25)35(5,6)7;1-7-14(5,8-2)12(16)11-13(17)15(6,9-3)10-4;/h8-15,18-20H,16H2,1-7H3;11,16H,7-10H2,1-6H3;/q-1;;/b;12-11-;. The molecule has 0 amide bonds. The van der Waals surface area contributed by atoms with Crippen LogP contribution in [-0.2, 0) is 36.7 Å². The zero-order valence-corrected chi connectivity index (χ0v) is 39.9. The van der Waals surface area contributed by atoms with Crippen LogP contribution in [0.2, 0.25) is 0 Å². The molecule has 0 bridgehead atoms. The van der Waals surface area contributed by atoms with Crippen molar-refractivity contribution in [1.29, 1.82) is 0 Å². The molecule has 3 aromatic carbocycles. The second-order valence-electron chi connectivity index (χ2n) is 17.4. The number of aryl methyl sites for hydroxylation is 2. The van der Waals surface area contributed by atoms with E-state index >= 15 is 0 Å². The molecule has 1 radical (unpaired) electrons. The summed E-state index contributed by atoms with van der Waals surface area (Å²) in [6.45, 7) is 28.1. The molecule has 6 heteroatoms. The number of carbonyl (C=O) groups excluding carboxylic acids is 1. The van der Waals surface area contributed by atoms with Gasteiger partial charge in [0.1, 0.15) is 5.76 Å². The molecule has 0 spiro atoms. The van der Waals surface area contributed by atoms with E-state index in [-0.39, 0.29) is 47.9 Å². The summed E-state index contributed by atoms with van der Waals surface area (Å²) in [6.07, 6.45) is 7.86. The minimum Gasteiger partial charge on any atom is -0.512 e. The van der Waals surface area contributed by atoms with Gasteiger partial charge in [-0.15, -0.1) is 51.8 Å². The van der Waals surface area contributed by atoms with Gasteiger partial charge in [0.25, 0.3) is 0 Å². The molecule has 301 valence electrons. The number of hydrogen-bond donors (Lipinski definition) is 1. The van der Waals surface area contributed by atoms with E-state index in [4.69, 9.17) is 4.98 Å². The quantitative estimate of drug-likeness (QED) is 0.0800. The molecule has 3 aromatic heterocycles. The monoisotopic (exact) mass is 965 g/mol. The number of aliphatic hydroxyl groups excluding tert-OH is 1. The Labute approximate surface area is 358 Å². The van der Waals surface area contributed by atoms with E-state index in [1.54, 1.807) is 0 Å². The molecule has 0 fully saturated rings. The van der Waals surface area contributed by atoms with Crippen LogP contribution in [-0.4, -0.2) is 15.9 Å². The van der Waals surface area contributed by atoms with Crippen LogP contribution in [0.1, 0.15) is 123 Å². The maximum absolute atomic E-state index is 12.2. The smallest absolute Gasteiger partial charge is 0.164 e. The van der Waals surface area contributed by atoms with E-state index in [0.717, 1.165) is 48.7 Å². The predicted molar refractivity (Wildman–Crippen MR) is 242 cm³/mol. The Bertz CT molecular complexity index is 2340. The Hall–Kier alpha value is -3.15. The molecule has 3 heterocycles. The van der Waals surface area contributed by atoms with Crippen LogP contribution in [0.5, 0.6) is 0 Å². The van der Waals surface area contributed by atoms with E-state index in [1.165, 1.54) is 63.6 Å². The SMILES string of the molecule is CCC(C)(CC)C(=O)/C=C(\O)C(C)(CC)CC.Cc1sc2cc(-c3sc4c(-c5[c-]c6ccccc6c(C(C)(C)C)c5)nccc4c3C)ccc2c1CC(C)C.[Ir]. The Kier molecular flexibility index (Phi) is 14.8. The van der Waals surface area contributed by atoms with Gasteiger partial charge in [-0.1, -0.05) is 117 Å². The number of benzene rings is 3. The van der Waals surface area contributed by atoms with Crippen LogP contribution in [0, 0.1) is 36.7 Å². The Morgan fingerprint density at radius 1 is 0.839 bits per heavy atom. The number of nitrogens with zero attached hydrogens (tertiary/aromatic N) is 1. The van der Waals surface area contributed by atoms with Gasteiger partial charge in [0.2, 0.25) is 0 Å². The summed E-state index contributed by atoms with van der Waals surface area (Å²) in [4.78, 5) is 19.9. The molecule has 0 aliphatic heterocycles. The van der Waals surface area contributed by atoms with Crippen molar-refractivity contribution in [2.45, 2.75) is 128 Å². The van der Waals surface area contributed by atoms with Crippen LogP contribution in [0.4, 0.5) is 0 Å². The van der Waals surface area contributed by atoms with Crippen LogP contribution < -0.4 is 0 Å². The first kappa shape index (κ1) is 45.6. The van der Waals surface area contributed by atoms with E-state index in [9.17, 15) is 9.90 Å². The van der Waals surface area contributed by atoms with E-state index in [1.807, 2.05) is 70.4 Å². The van der Waals surface area contributed by atoms with Crippen molar-refractivity contribution in [3.05, 3.63) is 100 Å². The fourth-order valence-electron chi connectivity index (χ4n) is 7.35. The van der Waals surface area contributed by atoms with Gasteiger partial charge in [-0.25, -0.2) is 0 Å². The summed E-state index contributed by atoms with van der Waals surface area (Å²) in [6, 6.07) is 23.9. The zero-order valence-electron chi connectivity index (χ0n) is 35.9. The zero-order chi connectivity index (χ0) is 40.5. The number of ketones is 1. The van der Waals surface area contributed by atoms with Gasteiger partial charge >= 0.3 is 0 Å². The molecule has 3 nitrogen and oxygen atoms in total. The van der Waals surface area contributed by atoms with Gasteiger partial charge < -0.3 is 5.11 Å². The molecule has 56 heavy (non-hydrogen) atoms. The van der Waals surface area contributed by atoms with Crippen LogP contribution in [0.3, 0.4) is 0 Å². The van der Waals surface area contributed by atoms with Gasteiger partial charge in [-0.05, 0) is 96.9 Å². The number of rotatable bonds is 11. The van der Waals surface area contributed by atoms with Crippen LogP contribution >= 0.6 is 22.7 Å². The number of pyridine rings is 1. The summed E-state index contributed by atoms with van der Waals surface area (Å²) in [7, 11) is 0. The fraction of sp³-hybridized carbons (Fsp3) is 0.440. The average Bonchev–Trinajstić information content (AvgIpc) is 3.67. The van der Waals surface area contributed by atoms with Crippen LogP contribution in [0.15, 0.2) is 72.6 Å². The van der Waals surface area contributed by atoms with Gasteiger partial charge in [0.05, 0.1) is 0 Å². The van der Waals surface area contributed by atoms with Crippen molar-refractivity contribution >= 4 is 59.4 Å². The molecule has 0 atom stereocenters. The first-order valence-electron chi connectivity index (χ1n) is 20.2. The van der Waals surface area contributed by atoms with E-state index < -0.39 is 0 Å². The topological polar surface area (TPSA) is 50.2 Å². The van der Waals surface area contributed by atoms with E-state index in [2.05, 4.69) is 109 Å². The molecular formula is C50H62IrNO2S2-. The predicted octanol–water partition coefficient (Wildman–Crippen LogP) is 15.6. The van der Waals surface area contributed by atoms with Crippen molar-refractivity contribution in [2.24, 2.45) is 16.7 Å². The number of aromatic nitrogens is 1. The molecule has 0 saturated heterocycles. The normalized spacial score (nSPS) is 12.6. The van der Waals surface area contributed by atoms with Crippen molar-refractivity contribution < 1.29 is 30.0 Å². The molecule has 0 aliphatic carbocycles. The van der Waals surface area contributed by atoms with Crippen molar-refractivity contribution in [2.75, 3.05) is 0 Å². The minimum atomic E-state index is -0.337. The third kappa shape index (κ3) is 9.25. The summed E-state index contributed by atoms with van der Waals surface area (Å²) < 4.78 is 2.64. The second kappa shape index (κ2) is 18.2. The number of thiophene rings is 2. The maximum Gasteiger partial charge on any atom is 0.164 e. The third-order valence-electron chi connectivity index (χ3n) is 12.2. The molecule has 1 N–H and O–H groups in total. The van der Waals surface area contributed by atoms with Crippen molar-refractivity contribution in [3.63, 3.8) is 0 Å². The second-order valence-corrected chi connectivity index (χ2v) is 19.6. The first-order valence-corrected chi connectivity index (χ1v) is 21.9. The largest absolute Gasteiger partial charge is 0.512 e. The molecular weight excluding hydrogens is 903 g/mol. The Morgan fingerprint density at radius 2 is 1.48 bits per heavy atom. The fourth-order valence-corrected chi connectivity index (χ4v) is 9.79. The van der Waals surface area contributed by atoms with Gasteiger partial charge in [0.15, 0.2) is 5.78 Å². The number of aliphatic hydroxyl groups is 1. The Balaban J connectivity index is 0.000000330. The van der Waals surface area contributed by atoms with Gasteiger partial charge in [-0.3, -0.25) is 9.78 Å². The molecule has 0 aliphatic rings. The van der Waals surface area contributed by atoms with E-state index in [0.29, 0.717) is 5.92 Å². The maximum atomic E-state index is 12.2. The average molecular weight is 965 g/mol. The number of fused-ring (bicyclic) bond motifs is 3. The summed E-state index contributed by atoms with van der Waals surface area (Å²) in [5, 5.41) is 15.3. The summed E-state index contributed by atoms with van der Waals surface area (Å²) in [5.74, 6) is 0.946. The molecule has 6 aromatic rings. The van der Waals surface area contributed by atoms with Gasteiger partial charge in [-0.2, -0.15) is 0 Å². The third-order valence-corrected chi connectivity index (χ3v) is 14.6.